The number of benzene rings is 1. The second-order valence-electron chi connectivity index (χ2n) is 5.28. The van der Waals surface area contributed by atoms with Gasteiger partial charge in [0, 0.05) is 25.2 Å². The van der Waals surface area contributed by atoms with Gasteiger partial charge in [0.2, 0.25) is 5.91 Å². The van der Waals surface area contributed by atoms with Gasteiger partial charge in [0.1, 0.15) is 4.99 Å². The Hall–Kier alpha value is -1.46. The van der Waals surface area contributed by atoms with Gasteiger partial charge >= 0.3 is 0 Å². The van der Waals surface area contributed by atoms with E-state index in [1.54, 1.807) is 0 Å². The summed E-state index contributed by atoms with van der Waals surface area (Å²) in [4.78, 5) is 16.5. The summed E-state index contributed by atoms with van der Waals surface area (Å²) in [6.45, 7) is 2.91. The molecule has 0 atom stereocenters. The third kappa shape index (κ3) is 3.77. The average Bonchev–Trinajstić information content (AvgIpc) is 2.92. The van der Waals surface area contributed by atoms with Crippen LogP contribution in [0.15, 0.2) is 24.3 Å². The molecule has 1 saturated heterocycles. The number of likely N-dealkylation sites (N-methyl/N-ethyl adjacent to an activating group) is 1. The fourth-order valence-electron chi connectivity index (χ4n) is 2.54. The molecule has 0 aromatic heterocycles. The van der Waals surface area contributed by atoms with Crippen LogP contribution < -0.4 is 5.73 Å². The maximum absolute atomic E-state index is 12.1. The van der Waals surface area contributed by atoms with Crippen molar-refractivity contribution in [2.45, 2.75) is 19.4 Å². The summed E-state index contributed by atoms with van der Waals surface area (Å²) in [5, 5.41) is 0. The van der Waals surface area contributed by atoms with E-state index in [4.69, 9.17) is 18.0 Å². The minimum Gasteiger partial charge on any atom is -0.389 e. The van der Waals surface area contributed by atoms with Crippen LogP contribution in [-0.2, 0) is 11.3 Å². The van der Waals surface area contributed by atoms with Crippen molar-refractivity contribution in [2.75, 3.05) is 26.7 Å². The van der Waals surface area contributed by atoms with Gasteiger partial charge in [-0.05, 0) is 25.5 Å². The first kappa shape index (κ1) is 14.9. The normalized spacial score (nSPS) is 14.8. The van der Waals surface area contributed by atoms with Crippen LogP contribution in [0, 0.1) is 0 Å². The highest BCUT2D eigenvalue weighted by molar-refractivity contribution is 7.80. The molecule has 1 heterocycles. The standard InChI is InChI=1S/C15H21N3OS/c1-17(11-14(19)18-8-4-5-9-18)10-12-6-2-3-7-13(12)15(16)20/h2-3,6-7H,4-5,8-11H2,1H3,(H2,16,20). The number of hydrogen-bond donors (Lipinski definition) is 1. The topological polar surface area (TPSA) is 49.6 Å². The summed E-state index contributed by atoms with van der Waals surface area (Å²) in [6.07, 6.45) is 2.25. The van der Waals surface area contributed by atoms with Crippen LogP contribution in [-0.4, -0.2) is 47.4 Å². The molecule has 20 heavy (non-hydrogen) atoms. The summed E-state index contributed by atoms with van der Waals surface area (Å²) >= 11 is 5.06. The van der Waals surface area contributed by atoms with E-state index in [9.17, 15) is 4.79 Å². The van der Waals surface area contributed by atoms with E-state index in [0.29, 0.717) is 18.1 Å². The van der Waals surface area contributed by atoms with Crippen molar-refractivity contribution >= 4 is 23.1 Å². The number of likely N-dealkylation sites (tertiary alicyclic amines) is 1. The lowest BCUT2D eigenvalue weighted by Gasteiger charge is -2.22. The van der Waals surface area contributed by atoms with Gasteiger partial charge in [0.25, 0.3) is 0 Å². The van der Waals surface area contributed by atoms with Crippen LogP contribution in [0.1, 0.15) is 24.0 Å². The van der Waals surface area contributed by atoms with E-state index < -0.39 is 0 Å². The zero-order valence-electron chi connectivity index (χ0n) is 11.8. The molecular weight excluding hydrogens is 270 g/mol. The highest BCUT2D eigenvalue weighted by atomic mass is 32.1. The SMILES string of the molecule is CN(CC(=O)N1CCCC1)Cc1ccccc1C(N)=S. The molecule has 0 radical (unpaired) electrons. The Morgan fingerprint density at radius 3 is 2.65 bits per heavy atom. The van der Waals surface area contributed by atoms with Gasteiger partial charge < -0.3 is 10.6 Å². The molecule has 1 aliphatic heterocycles. The Labute approximate surface area is 125 Å². The first-order chi connectivity index (χ1) is 9.58. The Morgan fingerprint density at radius 2 is 2.00 bits per heavy atom. The molecule has 4 nitrogen and oxygen atoms in total. The lowest BCUT2D eigenvalue weighted by atomic mass is 10.1. The molecule has 0 aliphatic carbocycles. The molecule has 0 unspecified atom stereocenters. The molecule has 5 heteroatoms. The van der Waals surface area contributed by atoms with E-state index in [-0.39, 0.29) is 5.91 Å². The number of nitrogens with zero attached hydrogens (tertiary/aromatic N) is 2. The molecule has 2 N–H and O–H groups in total. The number of amides is 1. The molecule has 1 aliphatic rings. The molecule has 108 valence electrons. The quantitative estimate of drug-likeness (QED) is 0.833. The van der Waals surface area contributed by atoms with Gasteiger partial charge in [0.05, 0.1) is 6.54 Å². The van der Waals surface area contributed by atoms with Crippen molar-refractivity contribution < 1.29 is 4.79 Å². The number of carbonyl (C=O) groups excluding carboxylic acids is 1. The van der Waals surface area contributed by atoms with Crippen LogP contribution >= 0.6 is 12.2 Å². The second-order valence-corrected chi connectivity index (χ2v) is 5.72. The summed E-state index contributed by atoms with van der Waals surface area (Å²) in [5.74, 6) is 0.206. The number of thiocarbonyl (C=S) groups is 1. The third-order valence-electron chi connectivity index (χ3n) is 3.59. The molecule has 0 bridgehead atoms. The predicted molar refractivity (Wildman–Crippen MR) is 84.5 cm³/mol. The minimum absolute atomic E-state index is 0.206. The van der Waals surface area contributed by atoms with Crippen molar-refractivity contribution in [1.82, 2.24) is 9.80 Å². The van der Waals surface area contributed by atoms with E-state index >= 15 is 0 Å². The Bertz CT molecular complexity index is 498. The Kier molecular flexibility index (Phi) is 5.09. The molecule has 1 aromatic rings. The maximum Gasteiger partial charge on any atom is 0.236 e. The number of carbonyl (C=O) groups is 1. The minimum atomic E-state index is 0.206. The summed E-state index contributed by atoms with van der Waals surface area (Å²) < 4.78 is 0. The lowest BCUT2D eigenvalue weighted by molar-refractivity contribution is -0.131. The fourth-order valence-corrected chi connectivity index (χ4v) is 2.74. The van der Waals surface area contributed by atoms with Crippen LogP contribution in [0.4, 0.5) is 0 Å². The zero-order chi connectivity index (χ0) is 14.5. The summed E-state index contributed by atoms with van der Waals surface area (Å²) in [6, 6.07) is 7.82. The highest BCUT2D eigenvalue weighted by Crippen LogP contribution is 2.12. The largest absolute Gasteiger partial charge is 0.389 e. The number of rotatable bonds is 5. The van der Waals surface area contributed by atoms with E-state index in [2.05, 4.69) is 0 Å². The van der Waals surface area contributed by atoms with Crippen LogP contribution in [0.3, 0.4) is 0 Å². The van der Waals surface area contributed by atoms with Crippen molar-refractivity contribution in [3.05, 3.63) is 35.4 Å². The molecule has 1 fully saturated rings. The average molecular weight is 291 g/mol. The number of hydrogen-bond acceptors (Lipinski definition) is 3. The zero-order valence-corrected chi connectivity index (χ0v) is 12.7. The first-order valence-electron chi connectivity index (χ1n) is 6.92. The molecule has 0 spiro atoms. The van der Waals surface area contributed by atoms with Gasteiger partial charge in [-0.25, -0.2) is 0 Å². The van der Waals surface area contributed by atoms with Crippen molar-refractivity contribution in [1.29, 1.82) is 0 Å². The third-order valence-corrected chi connectivity index (χ3v) is 3.81. The highest BCUT2D eigenvalue weighted by Gasteiger charge is 2.19. The molecular formula is C15H21N3OS. The van der Waals surface area contributed by atoms with Crippen molar-refractivity contribution in [2.24, 2.45) is 5.73 Å². The Balaban J connectivity index is 1.95. The first-order valence-corrected chi connectivity index (χ1v) is 7.33. The van der Waals surface area contributed by atoms with Gasteiger partial charge in [-0.1, -0.05) is 36.5 Å². The van der Waals surface area contributed by atoms with Gasteiger partial charge in [-0.15, -0.1) is 0 Å². The predicted octanol–water partition coefficient (Wildman–Crippen LogP) is 1.37. The van der Waals surface area contributed by atoms with Crippen molar-refractivity contribution in [3.63, 3.8) is 0 Å². The van der Waals surface area contributed by atoms with Crippen molar-refractivity contribution in [3.8, 4) is 0 Å². The summed E-state index contributed by atoms with van der Waals surface area (Å²) in [7, 11) is 1.95. The van der Waals surface area contributed by atoms with E-state index in [1.165, 1.54) is 0 Å². The van der Waals surface area contributed by atoms with Crippen LogP contribution in [0.25, 0.3) is 0 Å². The van der Waals surface area contributed by atoms with Gasteiger partial charge in [0.15, 0.2) is 0 Å². The fraction of sp³-hybridized carbons (Fsp3) is 0.467. The summed E-state index contributed by atoms with van der Waals surface area (Å²) in [5.41, 5.74) is 7.69. The molecule has 0 saturated carbocycles. The lowest BCUT2D eigenvalue weighted by Crippen LogP contribution is -2.37. The van der Waals surface area contributed by atoms with Gasteiger partial charge in [-0.2, -0.15) is 0 Å². The van der Waals surface area contributed by atoms with Crippen LogP contribution in [0.2, 0.25) is 0 Å². The van der Waals surface area contributed by atoms with E-state index in [0.717, 1.165) is 37.1 Å². The maximum atomic E-state index is 12.1. The molecule has 1 amide bonds. The smallest absolute Gasteiger partial charge is 0.236 e. The second kappa shape index (κ2) is 6.81. The molecule has 2 rings (SSSR count). The van der Waals surface area contributed by atoms with E-state index in [1.807, 2.05) is 41.1 Å². The van der Waals surface area contributed by atoms with Gasteiger partial charge in [-0.3, -0.25) is 9.69 Å². The monoisotopic (exact) mass is 291 g/mol. The molecule has 1 aromatic carbocycles. The van der Waals surface area contributed by atoms with Crippen LogP contribution in [0.5, 0.6) is 0 Å². The number of nitrogens with two attached hydrogens (primary N) is 1. The Morgan fingerprint density at radius 1 is 1.35 bits per heavy atom.